The molecule has 0 spiro atoms. The molecule has 3 aromatic rings. The largest absolute Gasteiger partial charge is 0.457 e. The van der Waals surface area contributed by atoms with Crippen molar-refractivity contribution in [2.24, 2.45) is 0 Å². The summed E-state index contributed by atoms with van der Waals surface area (Å²) in [6, 6.07) is 18.2. The molecular formula is C21H22N2O. The zero-order valence-electron chi connectivity index (χ0n) is 14.3. The maximum atomic E-state index is 6.11. The van der Waals surface area contributed by atoms with Gasteiger partial charge in [0.15, 0.2) is 0 Å². The smallest absolute Gasteiger partial charge is 0.133 e. The maximum Gasteiger partial charge on any atom is 0.133 e. The number of hydrogen-bond acceptors (Lipinski definition) is 3. The van der Waals surface area contributed by atoms with Crippen LogP contribution in [0.4, 0.5) is 5.82 Å². The molecule has 0 amide bonds. The van der Waals surface area contributed by atoms with Crippen molar-refractivity contribution in [1.82, 2.24) is 4.98 Å². The van der Waals surface area contributed by atoms with Gasteiger partial charge in [-0.1, -0.05) is 30.3 Å². The fourth-order valence-corrected chi connectivity index (χ4v) is 2.54. The lowest BCUT2D eigenvalue weighted by Gasteiger charge is -2.14. The predicted molar refractivity (Wildman–Crippen MR) is 98.7 cm³/mol. The number of aromatic nitrogens is 1. The molecule has 0 fully saturated rings. The van der Waals surface area contributed by atoms with Gasteiger partial charge in [0.25, 0.3) is 0 Å². The average Bonchev–Trinajstić information content (AvgIpc) is 2.62. The highest BCUT2D eigenvalue weighted by atomic mass is 16.5. The van der Waals surface area contributed by atoms with Gasteiger partial charge in [-0.2, -0.15) is 0 Å². The lowest BCUT2D eigenvalue weighted by Crippen LogP contribution is -2.00. The summed E-state index contributed by atoms with van der Waals surface area (Å²) in [6.07, 6.45) is 1.78. The van der Waals surface area contributed by atoms with E-state index in [1.54, 1.807) is 6.20 Å². The highest BCUT2D eigenvalue weighted by molar-refractivity contribution is 5.47. The molecule has 0 bridgehead atoms. The van der Waals surface area contributed by atoms with E-state index in [0.29, 0.717) is 0 Å². The van der Waals surface area contributed by atoms with E-state index < -0.39 is 0 Å². The SMILES string of the molecule is Cc1ccc(C)c(Oc2ccc(CNc3ccccn3)cc2)c1C. The minimum atomic E-state index is 0.736. The summed E-state index contributed by atoms with van der Waals surface area (Å²) in [5, 5.41) is 3.30. The maximum absolute atomic E-state index is 6.11. The highest BCUT2D eigenvalue weighted by Gasteiger charge is 2.07. The number of ether oxygens (including phenoxy) is 1. The molecule has 1 N–H and O–H groups in total. The van der Waals surface area contributed by atoms with Gasteiger partial charge in [0.1, 0.15) is 17.3 Å². The van der Waals surface area contributed by atoms with Crippen molar-refractivity contribution in [3.63, 3.8) is 0 Å². The third kappa shape index (κ3) is 3.74. The van der Waals surface area contributed by atoms with Crippen molar-refractivity contribution >= 4 is 5.82 Å². The van der Waals surface area contributed by atoms with E-state index in [2.05, 4.69) is 55.3 Å². The fourth-order valence-electron chi connectivity index (χ4n) is 2.54. The molecule has 3 heteroatoms. The Balaban J connectivity index is 1.68. The minimum Gasteiger partial charge on any atom is -0.457 e. The Morgan fingerprint density at radius 2 is 1.62 bits per heavy atom. The molecule has 0 aliphatic heterocycles. The van der Waals surface area contributed by atoms with E-state index >= 15 is 0 Å². The van der Waals surface area contributed by atoms with Crippen LogP contribution in [0.25, 0.3) is 0 Å². The Morgan fingerprint density at radius 1 is 0.875 bits per heavy atom. The fraction of sp³-hybridized carbons (Fsp3) is 0.190. The molecule has 3 nitrogen and oxygen atoms in total. The first-order valence-electron chi connectivity index (χ1n) is 8.12. The lowest BCUT2D eigenvalue weighted by molar-refractivity contribution is 0.474. The van der Waals surface area contributed by atoms with Gasteiger partial charge in [0.2, 0.25) is 0 Å². The Bertz CT molecular complexity index is 811. The monoisotopic (exact) mass is 318 g/mol. The normalized spacial score (nSPS) is 10.5. The minimum absolute atomic E-state index is 0.736. The summed E-state index contributed by atoms with van der Waals surface area (Å²) >= 11 is 0. The molecule has 0 aliphatic carbocycles. The Labute approximate surface area is 143 Å². The molecule has 0 aliphatic rings. The van der Waals surface area contributed by atoms with Crippen LogP contribution >= 0.6 is 0 Å². The second-order valence-electron chi connectivity index (χ2n) is 5.97. The number of hydrogen-bond donors (Lipinski definition) is 1. The van der Waals surface area contributed by atoms with Gasteiger partial charge in [-0.15, -0.1) is 0 Å². The molecule has 0 atom stereocenters. The number of aryl methyl sites for hydroxylation is 2. The zero-order chi connectivity index (χ0) is 16.9. The molecule has 2 aromatic carbocycles. The summed E-state index contributed by atoms with van der Waals surface area (Å²) in [5.41, 5.74) is 4.77. The van der Waals surface area contributed by atoms with Gasteiger partial charge >= 0.3 is 0 Å². The number of rotatable bonds is 5. The number of nitrogens with zero attached hydrogens (tertiary/aromatic N) is 1. The second kappa shape index (κ2) is 7.18. The molecule has 3 rings (SSSR count). The Morgan fingerprint density at radius 3 is 2.33 bits per heavy atom. The topological polar surface area (TPSA) is 34.1 Å². The van der Waals surface area contributed by atoms with Gasteiger partial charge in [-0.05, 0) is 67.3 Å². The van der Waals surface area contributed by atoms with E-state index in [9.17, 15) is 0 Å². The average molecular weight is 318 g/mol. The van der Waals surface area contributed by atoms with Gasteiger partial charge in [-0.3, -0.25) is 0 Å². The lowest BCUT2D eigenvalue weighted by atomic mass is 10.1. The van der Waals surface area contributed by atoms with Gasteiger partial charge in [0, 0.05) is 12.7 Å². The van der Waals surface area contributed by atoms with Crippen molar-refractivity contribution in [1.29, 1.82) is 0 Å². The van der Waals surface area contributed by atoms with Crippen molar-refractivity contribution in [2.45, 2.75) is 27.3 Å². The van der Waals surface area contributed by atoms with Crippen LogP contribution in [0.5, 0.6) is 11.5 Å². The summed E-state index contributed by atoms with van der Waals surface area (Å²) in [6.45, 7) is 7.02. The first kappa shape index (κ1) is 16.1. The van der Waals surface area contributed by atoms with Crippen LogP contribution in [0.15, 0.2) is 60.8 Å². The van der Waals surface area contributed by atoms with Crippen molar-refractivity contribution in [3.8, 4) is 11.5 Å². The molecule has 1 heterocycles. The van der Waals surface area contributed by atoms with E-state index in [1.807, 2.05) is 30.3 Å². The Kier molecular flexibility index (Phi) is 4.80. The zero-order valence-corrected chi connectivity index (χ0v) is 14.3. The molecule has 1 aromatic heterocycles. The van der Waals surface area contributed by atoms with E-state index in [4.69, 9.17) is 4.74 Å². The summed E-state index contributed by atoms with van der Waals surface area (Å²) in [7, 11) is 0. The number of nitrogens with one attached hydrogen (secondary N) is 1. The van der Waals surface area contributed by atoms with Crippen molar-refractivity contribution < 1.29 is 4.74 Å². The third-order valence-electron chi connectivity index (χ3n) is 4.16. The van der Waals surface area contributed by atoms with Crippen LogP contribution in [0.2, 0.25) is 0 Å². The van der Waals surface area contributed by atoms with Gasteiger partial charge < -0.3 is 10.1 Å². The summed E-state index contributed by atoms with van der Waals surface area (Å²) in [4.78, 5) is 4.26. The highest BCUT2D eigenvalue weighted by Crippen LogP contribution is 2.30. The first-order chi connectivity index (χ1) is 11.6. The summed E-state index contributed by atoms with van der Waals surface area (Å²) < 4.78 is 6.11. The van der Waals surface area contributed by atoms with Gasteiger partial charge in [0.05, 0.1) is 0 Å². The molecular weight excluding hydrogens is 296 g/mol. The van der Waals surface area contributed by atoms with Crippen LogP contribution in [-0.4, -0.2) is 4.98 Å². The molecule has 0 unspecified atom stereocenters. The van der Waals surface area contributed by atoms with Crippen molar-refractivity contribution in [2.75, 3.05) is 5.32 Å². The first-order valence-corrected chi connectivity index (χ1v) is 8.12. The predicted octanol–water partition coefficient (Wildman–Crippen LogP) is 5.41. The van der Waals surface area contributed by atoms with E-state index in [0.717, 1.165) is 29.4 Å². The van der Waals surface area contributed by atoms with Crippen LogP contribution < -0.4 is 10.1 Å². The van der Waals surface area contributed by atoms with Crippen molar-refractivity contribution in [3.05, 3.63) is 83.0 Å². The molecule has 122 valence electrons. The number of pyridine rings is 1. The summed E-state index contributed by atoms with van der Waals surface area (Å²) in [5.74, 6) is 2.69. The molecule has 0 radical (unpaired) electrons. The Hall–Kier alpha value is -2.81. The number of anilines is 1. The van der Waals surface area contributed by atoms with Crippen LogP contribution in [0.1, 0.15) is 22.3 Å². The van der Waals surface area contributed by atoms with Crippen LogP contribution in [-0.2, 0) is 6.54 Å². The standard InChI is InChI=1S/C21H22N2O/c1-15-7-8-16(2)21(17(15)3)24-19-11-9-18(10-12-19)14-23-20-6-4-5-13-22-20/h4-13H,14H2,1-3H3,(H,22,23). The third-order valence-corrected chi connectivity index (χ3v) is 4.16. The number of benzene rings is 2. The second-order valence-corrected chi connectivity index (χ2v) is 5.97. The molecule has 0 saturated carbocycles. The van der Waals surface area contributed by atoms with Gasteiger partial charge in [-0.25, -0.2) is 4.98 Å². The quantitative estimate of drug-likeness (QED) is 0.683. The van der Waals surface area contributed by atoms with E-state index in [1.165, 1.54) is 16.7 Å². The van der Waals surface area contributed by atoms with Crippen LogP contribution in [0, 0.1) is 20.8 Å². The molecule has 24 heavy (non-hydrogen) atoms. The molecule has 0 saturated heterocycles. The van der Waals surface area contributed by atoms with E-state index in [-0.39, 0.29) is 0 Å². The van der Waals surface area contributed by atoms with Crippen LogP contribution in [0.3, 0.4) is 0 Å².